The van der Waals surface area contributed by atoms with E-state index >= 15 is 0 Å². The van der Waals surface area contributed by atoms with E-state index in [2.05, 4.69) is 0 Å². The van der Waals surface area contributed by atoms with Gasteiger partial charge >= 0.3 is 5.97 Å². The standard InChI is InChI=1S/C11H14N2O7S/c1-6-3-8(13(17)18)4-10(7(6)2)21(19,20)12-9(5-14)11(15)16/h3-4,9,12,14H,5H2,1-2H3,(H,15,16)/t9-/m0/s1. The molecule has 0 bridgehead atoms. The number of aliphatic hydroxyl groups is 1. The molecule has 1 rings (SSSR count). The molecule has 1 aromatic rings. The van der Waals surface area contributed by atoms with Gasteiger partial charge < -0.3 is 10.2 Å². The first-order chi connectivity index (χ1) is 9.60. The predicted molar refractivity (Wildman–Crippen MR) is 71.4 cm³/mol. The minimum absolute atomic E-state index is 0.259. The van der Waals surface area contributed by atoms with E-state index in [1.807, 2.05) is 0 Å². The van der Waals surface area contributed by atoms with Gasteiger partial charge in [-0.2, -0.15) is 4.72 Å². The fourth-order valence-electron chi connectivity index (χ4n) is 1.61. The number of carboxylic acid groups (broad SMARTS) is 1. The van der Waals surface area contributed by atoms with Crippen LogP contribution in [0.4, 0.5) is 5.69 Å². The minimum Gasteiger partial charge on any atom is -0.480 e. The van der Waals surface area contributed by atoms with Crippen molar-refractivity contribution in [1.82, 2.24) is 4.72 Å². The smallest absolute Gasteiger partial charge is 0.324 e. The van der Waals surface area contributed by atoms with Crippen LogP contribution in [0, 0.1) is 24.0 Å². The monoisotopic (exact) mass is 318 g/mol. The Balaban J connectivity index is 3.37. The fourth-order valence-corrected chi connectivity index (χ4v) is 3.13. The average molecular weight is 318 g/mol. The molecule has 0 saturated carbocycles. The number of sulfonamides is 1. The van der Waals surface area contributed by atoms with Crippen molar-refractivity contribution >= 4 is 21.7 Å². The Kier molecular flexibility index (Phi) is 4.99. The quantitative estimate of drug-likeness (QED) is 0.491. The second-order valence-electron chi connectivity index (χ2n) is 4.34. The summed E-state index contributed by atoms with van der Waals surface area (Å²) >= 11 is 0. The van der Waals surface area contributed by atoms with Crippen LogP contribution < -0.4 is 4.72 Å². The van der Waals surface area contributed by atoms with Crippen LogP contribution in [0.3, 0.4) is 0 Å². The van der Waals surface area contributed by atoms with Gasteiger partial charge in [0.15, 0.2) is 0 Å². The SMILES string of the molecule is Cc1cc([N+](=O)[O-])cc(S(=O)(=O)N[C@@H](CO)C(=O)O)c1C. The van der Waals surface area contributed by atoms with E-state index in [-0.39, 0.29) is 5.56 Å². The summed E-state index contributed by atoms with van der Waals surface area (Å²) in [7, 11) is -4.32. The number of carboxylic acids is 1. The molecule has 3 N–H and O–H groups in total. The first-order valence-electron chi connectivity index (χ1n) is 5.71. The van der Waals surface area contributed by atoms with Gasteiger partial charge in [0.05, 0.1) is 16.4 Å². The molecule has 0 saturated heterocycles. The molecule has 10 heteroatoms. The molecule has 9 nitrogen and oxygen atoms in total. The maximum Gasteiger partial charge on any atom is 0.324 e. The Bertz CT molecular complexity index is 684. The van der Waals surface area contributed by atoms with Crippen LogP contribution in [-0.2, 0) is 14.8 Å². The summed E-state index contributed by atoms with van der Waals surface area (Å²) in [5, 5.41) is 28.4. The Morgan fingerprint density at radius 3 is 2.43 bits per heavy atom. The molecular formula is C11H14N2O7S. The summed E-state index contributed by atoms with van der Waals surface area (Å²) in [5.74, 6) is -1.55. The lowest BCUT2D eigenvalue weighted by molar-refractivity contribution is -0.385. The molecule has 0 spiro atoms. The number of nitrogens with zero attached hydrogens (tertiary/aromatic N) is 1. The van der Waals surface area contributed by atoms with E-state index in [9.17, 15) is 23.3 Å². The predicted octanol–water partition coefficient (Wildman–Crippen LogP) is -0.0646. The third-order valence-corrected chi connectivity index (χ3v) is 4.48. The van der Waals surface area contributed by atoms with Gasteiger partial charge in [-0.05, 0) is 25.0 Å². The molecular weight excluding hydrogens is 304 g/mol. The molecule has 1 aromatic carbocycles. The van der Waals surface area contributed by atoms with Crippen LogP contribution in [0.15, 0.2) is 17.0 Å². The fraction of sp³-hybridized carbons (Fsp3) is 0.364. The Morgan fingerprint density at radius 2 is 2.00 bits per heavy atom. The van der Waals surface area contributed by atoms with Gasteiger partial charge in [-0.15, -0.1) is 0 Å². The highest BCUT2D eigenvalue weighted by atomic mass is 32.2. The van der Waals surface area contributed by atoms with Crippen molar-refractivity contribution in [1.29, 1.82) is 0 Å². The Hall–Kier alpha value is -2.04. The van der Waals surface area contributed by atoms with Gasteiger partial charge in [0.2, 0.25) is 10.0 Å². The highest BCUT2D eigenvalue weighted by Crippen LogP contribution is 2.25. The lowest BCUT2D eigenvalue weighted by Gasteiger charge is -2.14. The van der Waals surface area contributed by atoms with Gasteiger partial charge in [-0.1, -0.05) is 0 Å². The molecule has 0 aliphatic carbocycles. The van der Waals surface area contributed by atoms with Crippen molar-refractivity contribution in [3.05, 3.63) is 33.4 Å². The Labute approximate surface area is 120 Å². The molecule has 116 valence electrons. The van der Waals surface area contributed by atoms with Crippen molar-refractivity contribution < 1.29 is 28.3 Å². The summed E-state index contributed by atoms with van der Waals surface area (Å²) < 4.78 is 26.1. The van der Waals surface area contributed by atoms with Crippen LogP contribution in [0.1, 0.15) is 11.1 Å². The van der Waals surface area contributed by atoms with Gasteiger partial charge in [0.1, 0.15) is 6.04 Å². The summed E-state index contributed by atoms with van der Waals surface area (Å²) in [4.78, 5) is 20.4. The number of nitro groups is 1. The molecule has 1 atom stereocenters. The van der Waals surface area contributed by atoms with E-state index < -0.39 is 44.1 Å². The normalized spacial score (nSPS) is 12.9. The van der Waals surface area contributed by atoms with Crippen LogP contribution in [-0.4, -0.2) is 42.2 Å². The lowest BCUT2D eigenvalue weighted by Crippen LogP contribution is -2.43. The van der Waals surface area contributed by atoms with Crippen molar-refractivity contribution in [2.24, 2.45) is 0 Å². The molecule has 0 unspecified atom stereocenters. The summed E-state index contributed by atoms with van der Waals surface area (Å²) in [5.41, 5.74) is 0.213. The highest BCUT2D eigenvalue weighted by molar-refractivity contribution is 7.89. The van der Waals surface area contributed by atoms with Gasteiger partial charge in [0, 0.05) is 12.1 Å². The van der Waals surface area contributed by atoms with Crippen molar-refractivity contribution in [2.75, 3.05) is 6.61 Å². The van der Waals surface area contributed by atoms with Crippen molar-refractivity contribution in [3.63, 3.8) is 0 Å². The number of aliphatic carboxylic acids is 1. The molecule has 0 aliphatic heterocycles. The molecule has 0 amide bonds. The molecule has 21 heavy (non-hydrogen) atoms. The van der Waals surface area contributed by atoms with E-state index in [0.29, 0.717) is 5.56 Å². The number of benzene rings is 1. The van der Waals surface area contributed by atoms with Crippen LogP contribution in [0.25, 0.3) is 0 Å². The molecule has 0 radical (unpaired) electrons. The maximum absolute atomic E-state index is 12.1. The van der Waals surface area contributed by atoms with Gasteiger partial charge in [0.25, 0.3) is 5.69 Å². The highest BCUT2D eigenvalue weighted by Gasteiger charge is 2.28. The second kappa shape index (κ2) is 6.16. The van der Waals surface area contributed by atoms with Crippen LogP contribution in [0.5, 0.6) is 0 Å². The third-order valence-electron chi connectivity index (χ3n) is 2.88. The zero-order valence-corrected chi connectivity index (χ0v) is 12.0. The maximum atomic E-state index is 12.1. The van der Waals surface area contributed by atoms with Gasteiger partial charge in [-0.3, -0.25) is 14.9 Å². The summed E-state index contributed by atoms with van der Waals surface area (Å²) in [6.45, 7) is 2.01. The van der Waals surface area contributed by atoms with E-state index in [1.54, 1.807) is 4.72 Å². The lowest BCUT2D eigenvalue weighted by atomic mass is 10.1. The first kappa shape index (κ1) is 17.0. The van der Waals surface area contributed by atoms with E-state index in [1.165, 1.54) is 19.9 Å². The Morgan fingerprint density at radius 1 is 1.43 bits per heavy atom. The number of rotatable bonds is 6. The second-order valence-corrected chi connectivity index (χ2v) is 6.02. The number of aryl methyl sites for hydroxylation is 1. The average Bonchev–Trinajstić information content (AvgIpc) is 2.38. The zero-order valence-electron chi connectivity index (χ0n) is 11.2. The van der Waals surface area contributed by atoms with Crippen molar-refractivity contribution in [2.45, 2.75) is 24.8 Å². The third kappa shape index (κ3) is 3.74. The number of carbonyl (C=O) groups is 1. The number of aliphatic hydroxyl groups excluding tert-OH is 1. The number of hydrogen-bond donors (Lipinski definition) is 3. The first-order valence-corrected chi connectivity index (χ1v) is 7.20. The van der Waals surface area contributed by atoms with Crippen LogP contribution >= 0.6 is 0 Å². The molecule has 0 aromatic heterocycles. The summed E-state index contributed by atoms with van der Waals surface area (Å²) in [6, 6.07) is 0.338. The van der Waals surface area contributed by atoms with Gasteiger partial charge in [-0.25, -0.2) is 8.42 Å². The largest absolute Gasteiger partial charge is 0.480 e. The van der Waals surface area contributed by atoms with E-state index in [4.69, 9.17) is 10.2 Å². The van der Waals surface area contributed by atoms with Crippen LogP contribution in [0.2, 0.25) is 0 Å². The topological polar surface area (TPSA) is 147 Å². The number of hydrogen-bond acceptors (Lipinski definition) is 6. The molecule has 0 fully saturated rings. The minimum atomic E-state index is -4.32. The molecule has 0 aliphatic rings. The number of non-ortho nitro benzene ring substituents is 1. The summed E-state index contributed by atoms with van der Waals surface area (Å²) in [6.07, 6.45) is 0. The molecule has 0 heterocycles. The number of nitro benzene ring substituents is 1. The van der Waals surface area contributed by atoms with E-state index in [0.717, 1.165) is 6.07 Å². The zero-order chi connectivity index (χ0) is 16.4. The number of nitrogens with one attached hydrogen (secondary N) is 1. The van der Waals surface area contributed by atoms with Crippen molar-refractivity contribution in [3.8, 4) is 0 Å².